The third-order valence-corrected chi connectivity index (χ3v) is 3.87. The highest BCUT2D eigenvalue weighted by Gasteiger charge is 2.52. The van der Waals surface area contributed by atoms with Crippen molar-refractivity contribution in [2.45, 2.75) is 38.0 Å². The molecule has 1 aliphatic rings. The van der Waals surface area contributed by atoms with Crippen molar-refractivity contribution in [3.05, 3.63) is 35.4 Å². The van der Waals surface area contributed by atoms with E-state index in [1.807, 2.05) is 0 Å². The number of methoxy groups -OCH3 is 1. The van der Waals surface area contributed by atoms with Gasteiger partial charge in [0.2, 0.25) is 0 Å². The van der Waals surface area contributed by atoms with E-state index in [0.29, 0.717) is 0 Å². The van der Waals surface area contributed by atoms with Crippen LogP contribution in [0.3, 0.4) is 0 Å². The Morgan fingerprint density at radius 3 is 2.16 bits per heavy atom. The van der Waals surface area contributed by atoms with Gasteiger partial charge < -0.3 is 4.74 Å². The topological polar surface area (TPSA) is 26.3 Å². The van der Waals surface area contributed by atoms with Crippen LogP contribution in [0.1, 0.15) is 37.8 Å². The Bertz CT molecular complexity index is 473. The Morgan fingerprint density at radius 2 is 1.79 bits per heavy atom. The molecule has 1 saturated carbocycles. The minimum absolute atomic E-state index is 0.00749. The number of hydrogen-bond acceptors (Lipinski definition) is 2. The summed E-state index contributed by atoms with van der Waals surface area (Å²) in [7, 11) is 1.35. The van der Waals surface area contributed by atoms with Crippen LogP contribution in [0.25, 0.3) is 0 Å². The van der Waals surface area contributed by atoms with Crippen molar-refractivity contribution in [3.63, 3.8) is 0 Å². The van der Waals surface area contributed by atoms with E-state index >= 15 is 0 Å². The summed E-state index contributed by atoms with van der Waals surface area (Å²) >= 11 is 0. The van der Waals surface area contributed by atoms with Crippen molar-refractivity contribution >= 4 is 5.97 Å². The smallest absolute Gasteiger partial charge is 0.316 e. The maximum atomic E-state index is 13.9. The first-order valence-corrected chi connectivity index (χ1v) is 6.42. The van der Waals surface area contributed by atoms with Crippen molar-refractivity contribution < 1.29 is 18.3 Å². The largest absolute Gasteiger partial charge is 0.468 e. The molecule has 0 aliphatic heterocycles. The molecule has 4 heteroatoms. The summed E-state index contributed by atoms with van der Waals surface area (Å²) in [4.78, 5) is 11.7. The fourth-order valence-electron chi connectivity index (χ4n) is 2.28. The van der Waals surface area contributed by atoms with Crippen molar-refractivity contribution in [1.82, 2.24) is 0 Å². The van der Waals surface area contributed by atoms with Crippen LogP contribution < -0.4 is 0 Å². The second-order valence-electron chi connectivity index (χ2n) is 5.43. The number of rotatable bonds is 4. The van der Waals surface area contributed by atoms with E-state index in [9.17, 15) is 13.6 Å². The average Bonchev–Trinajstić information content (AvgIpc) is 3.19. The quantitative estimate of drug-likeness (QED) is 0.779. The number of carbonyl (C=O) groups excluding carboxylic acids is 1. The minimum atomic E-state index is -2.85. The first kappa shape index (κ1) is 14.0. The predicted octanol–water partition coefficient (Wildman–Crippen LogP) is 3.64. The van der Waals surface area contributed by atoms with E-state index in [1.54, 1.807) is 12.1 Å². The summed E-state index contributed by atoms with van der Waals surface area (Å²) < 4.78 is 32.5. The van der Waals surface area contributed by atoms with Gasteiger partial charge in [-0.3, -0.25) is 4.79 Å². The number of carbonyl (C=O) groups is 1. The average molecular weight is 268 g/mol. The highest BCUT2D eigenvalue weighted by molar-refractivity contribution is 5.86. The van der Waals surface area contributed by atoms with Crippen LogP contribution >= 0.6 is 0 Å². The van der Waals surface area contributed by atoms with Crippen LogP contribution in [-0.2, 0) is 20.9 Å². The number of halogens is 2. The summed E-state index contributed by atoms with van der Waals surface area (Å²) in [6.45, 7) is 2.98. The number of hydrogen-bond donors (Lipinski definition) is 0. The standard InChI is InChI=1S/C15H18F2O2/c1-10(2)15(16,17)12-6-4-11(5-7-12)14(8-9-14)13(18)19-3/h4-7,10H,8-9H2,1-3H3. The van der Waals surface area contributed by atoms with Crippen molar-refractivity contribution in [2.24, 2.45) is 5.92 Å². The maximum absolute atomic E-state index is 13.9. The van der Waals surface area contributed by atoms with E-state index in [1.165, 1.54) is 33.1 Å². The molecule has 0 spiro atoms. The van der Waals surface area contributed by atoms with Gasteiger partial charge in [-0.15, -0.1) is 0 Å². The Hall–Kier alpha value is -1.45. The van der Waals surface area contributed by atoms with Crippen LogP contribution in [0.5, 0.6) is 0 Å². The molecule has 2 nitrogen and oxygen atoms in total. The van der Waals surface area contributed by atoms with Gasteiger partial charge >= 0.3 is 5.97 Å². The fraction of sp³-hybridized carbons (Fsp3) is 0.533. The lowest BCUT2D eigenvalue weighted by molar-refractivity contribution is -0.143. The normalized spacial score (nSPS) is 17.4. The van der Waals surface area contributed by atoms with Crippen LogP contribution in [0.4, 0.5) is 8.78 Å². The van der Waals surface area contributed by atoms with Gasteiger partial charge in [0.1, 0.15) is 0 Å². The van der Waals surface area contributed by atoms with Gasteiger partial charge in [0.25, 0.3) is 5.92 Å². The summed E-state index contributed by atoms with van der Waals surface area (Å²) in [5.74, 6) is -3.88. The van der Waals surface area contributed by atoms with Crippen LogP contribution in [-0.4, -0.2) is 13.1 Å². The second-order valence-corrected chi connectivity index (χ2v) is 5.43. The van der Waals surface area contributed by atoms with Gasteiger partial charge in [-0.05, 0) is 18.4 Å². The molecule has 19 heavy (non-hydrogen) atoms. The zero-order valence-electron chi connectivity index (χ0n) is 11.4. The molecule has 0 atom stereocenters. The Morgan fingerprint density at radius 1 is 1.26 bits per heavy atom. The molecule has 0 N–H and O–H groups in total. The summed E-state index contributed by atoms with van der Waals surface area (Å²) in [5, 5.41) is 0. The highest BCUT2D eigenvalue weighted by Crippen LogP contribution is 2.49. The number of benzene rings is 1. The lowest BCUT2D eigenvalue weighted by Gasteiger charge is -2.21. The maximum Gasteiger partial charge on any atom is 0.316 e. The van der Waals surface area contributed by atoms with Gasteiger partial charge in [-0.25, -0.2) is 8.78 Å². The molecule has 2 rings (SSSR count). The molecule has 0 amide bonds. The second kappa shape index (κ2) is 4.58. The minimum Gasteiger partial charge on any atom is -0.468 e. The first-order valence-electron chi connectivity index (χ1n) is 6.42. The predicted molar refractivity (Wildman–Crippen MR) is 68.1 cm³/mol. The first-order chi connectivity index (χ1) is 8.84. The van der Waals surface area contributed by atoms with Gasteiger partial charge in [0.15, 0.2) is 0 Å². The molecular formula is C15H18F2O2. The lowest BCUT2D eigenvalue weighted by atomic mass is 9.92. The molecule has 1 aliphatic carbocycles. The Labute approximate surface area is 111 Å². The zero-order valence-corrected chi connectivity index (χ0v) is 11.4. The van der Waals surface area contributed by atoms with Crippen molar-refractivity contribution in [3.8, 4) is 0 Å². The molecule has 104 valence electrons. The van der Waals surface area contributed by atoms with Crippen LogP contribution in [0, 0.1) is 5.92 Å². The Kier molecular flexibility index (Phi) is 3.37. The number of esters is 1. The third-order valence-electron chi connectivity index (χ3n) is 3.87. The SMILES string of the molecule is COC(=O)C1(c2ccc(C(F)(F)C(C)C)cc2)CC1. The third kappa shape index (κ3) is 2.24. The van der Waals surface area contributed by atoms with E-state index in [2.05, 4.69) is 0 Å². The lowest BCUT2D eigenvalue weighted by Crippen LogP contribution is -2.23. The highest BCUT2D eigenvalue weighted by atomic mass is 19.3. The van der Waals surface area contributed by atoms with Gasteiger partial charge in [-0.1, -0.05) is 38.1 Å². The van der Waals surface area contributed by atoms with Crippen LogP contribution in [0.2, 0.25) is 0 Å². The van der Waals surface area contributed by atoms with E-state index < -0.39 is 17.3 Å². The molecule has 0 bridgehead atoms. The summed E-state index contributed by atoms with van der Waals surface area (Å²) in [5.41, 5.74) is 0.162. The van der Waals surface area contributed by atoms with Crippen LogP contribution in [0.15, 0.2) is 24.3 Å². The molecular weight excluding hydrogens is 250 g/mol. The molecule has 0 radical (unpaired) electrons. The van der Waals surface area contributed by atoms with Crippen molar-refractivity contribution in [1.29, 1.82) is 0 Å². The van der Waals surface area contributed by atoms with Gasteiger partial charge in [-0.2, -0.15) is 0 Å². The molecule has 1 aromatic carbocycles. The molecule has 0 saturated heterocycles. The summed E-state index contributed by atoms with van der Waals surface area (Å²) in [6, 6.07) is 6.07. The molecule has 1 fully saturated rings. The molecule has 1 aromatic rings. The molecule has 0 unspecified atom stereocenters. The van der Waals surface area contributed by atoms with E-state index in [0.717, 1.165) is 18.4 Å². The molecule has 0 aromatic heterocycles. The van der Waals surface area contributed by atoms with Gasteiger partial charge in [0, 0.05) is 11.5 Å². The number of alkyl halides is 2. The van der Waals surface area contributed by atoms with E-state index in [-0.39, 0.29) is 11.5 Å². The Balaban J connectivity index is 2.27. The molecule has 0 heterocycles. The van der Waals surface area contributed by atoms with E-state index in [4.69, 9.17) is 4.74 Å². The fourth-order valence-corrected chi connectivity index (χ4v) is 2.28. The summed E-state index contributed by atoms with van der Waals surface area (Å²) in [6.07, 6.45) is 1.44. The van der Waals surface area contributed by atoms with Crippen molar-refractivity contribution in [2.75, 3.05) is 7.11 Å². The van der Waals surface area contributed by atoms with Gasteiger partial charge in [0.05, 0.1) is 12.5 Å². The number of ether oxygens (including phenoxy) is 1. The zero-order chi connectivity index (χ0) is 14.3. The monoisotopic (exact) mass is 268 g/mol.